The Kier molecular flexibility index (Phi) is 10.8. The first-order chi connectivity index (χ1) is 20.9. The summed E-state index contributed by atoms with van der Waals surface area (Å²) in [5.74, 6) is -0.193. The first kappa shape index (κ1) is 33.1. The van der Waals surface area contributed by atoms with Gasteiger partial charge in [-0.3, -0.25) is 14.6 Å². The van der Waals surface area contributed by atoms with Crippen LogP contribution in [-0.2, 0) is 51.8 Å². The standard InChI is InChI=1S/C33H37FN2O7S/c1-7-41-30(38)16-23-9-8-22(20(2)37)15-29(23)42-18-21-12-24-14-25(19-40-6)43-32(24)27(13-21)26-10-11-35-28(31(26)34)17-36-44(39)33(3,4)5/h8-15,36H,7,16-19H2,1-6H3/t44-/m0/s1. The molecular weight excluding hydrogens is 587 g/mol. The van der Waals surface area contributed by atoms with E-state index in [2.05, 4.69) is 9.71 Å². The number of carbonyl (C=O) groups is 2. The van der Waals surface area contributed by atoms with Crippen molar-refractivity contribution in [3.05, 3.63) is 82.6 Å². The van der Waals surface area contributed by atoms with Gasteiger partial charge in [0.05, 0.1) is 25.3 Å². The van der Waals surface area contributed by atoms with Crippen molar-refractivity contribution in [1.82, 2.24) is 9.71 Å². The van der Waals surface area contributed by atoms with E-state index in [9.17, 15) is 14.1 Å². The third-order valence-electron chi connectivity index (χ3n) is 6.70. The summed E-state index contributed by atoms with van der Waals surface area (Å²) in [4.78, 5) is 28.5. The molecule has 2 aromatic heterocycles. The Morgan fingerprint density at radius 1 is 1.09 bits per heavy atom. The predicted molar refractivity (Wildman–Crippen MR) is 166 cm³/mol. The quantitative estimate of drug-likeness (QED) is 0.105. The molecule has 0 spiro atoms. The summed E-state index contributed by atoms with van der Waals surface area (Å²) in [5.41, 5.74) is 3.02. The fourth-order valence-corrected chi connectivity index (χ4v) is 5.22. The number of Topliss-reactive ketones (excluding diaryl/α,β-unsaturated/α-hetero) is 1. The molecule has 0 saturated carbocycles. The van der Waals surface area contributed by atoms with E-state index in [1.807, 2.05) is 32.9 Å². The highest BCUT2D eigenvalue weighted by atomic mass is 32.2. The zero-order valence-corrected chi connectivity index (χ0v) is 26.6. The Hall–Kier alpha value is -3.77. The van der Waals surface area contributed by atoms with Gasteiger partial charge in [-0.1, -0.05) is 12.1 Å². The third-order valence-corrected chi connectivity index (χ3v) is 8.22. The fourth-order valence-electron chi connectivity index (χ4n) is 4.52. The topological polar surface area (TPSA) is 123 Å². The molecule has 0 aliphatic rings. The molecule has 4 rings (SSSR count). The molecule has 0 amide bonds. The van der Waals surface area contributed by atoms with E-state index >= 15 is 4.39 Å². The van der Waals surface area contributed by atoms with Crippen molar-refractivity contribution in [2.75, 3.05) is 13.7 Å². The number of esters is 1. The van der Waals surface area contributed by atoms with Crippen molar-refractivity contribution >= 4 is 34.1 Å². The number of carbonyl (C=O) groups excluding carboxylic acids is 2. The normalized spacial score (nSPS) is 12.4. The summed E-state index contributed by atoms with van der Waals surface area (Å²) in [6.07, 6.45) is 1.48. The maximum absolute atomic E-state index is 16.0. The van der Waals surface area contributed by atoms with Crippen molar-refractivity contribution in [1.29, 1.82) is 0 Å². The number of ether oxygens (including phenoxy) is 3. The monoisotopic (exact) mass is 624 g/mol. The van der Waals surface area contributed by atoms with Crippen LogP contribution in [-0.4, -0.2) is 39.8 Å². The van der Waals surface area contributed by atoms with Crippen molar-refractivity contribution in [3.63, 3.8) is 0 Å². The van der Waals surface area contributed by atoms with Gasteiger partial charge in [-0.15, -0.1) is 4.72 Å². The van der Waals surface area contributed by atoms with Gasteiger partial charge in [0, 0.05) is 52.3 Å². The Morgan fingerprint density at radius 3 is 2.55 bits per heavy atom. The molecule has 44 heavy (non-hydrogen) atoms. The highest BCUT2D eigenvalue weighted by molar-refractivity contribution is 7.90. The Balaban J connectivity index is 1.72. The molecule has 2 aromatic carbocycles. The number of nitrogens with one attached hydrogen (secondary N) is 1. The lowest BCUT2D eigenvalue weighted by Crippen LogP contribution is -2.39. The van der Waals surface area contributed by atoms with Crippen LogP contribution in [0.5, 0.6) is 5.75 Å². The number of methoxy groups -OCH3 is 1. The minimum Gasteiger partial charge on any atom is -0.598 e. The Labute approximate surface area is 259 Å². The van der Waals surface area contributed by atoms with Gasteiger partial charge < -0.3 is 23.2 Å². The molecular formula is C33H37FN2O7S. The van der Waals surface area contributed by atoms with Gasteiger partial charge in [0.15, 0.2) is 11.6 Å². The lowest BCUT2D eigenvalue weighted by molar-refractivity contribution is -0.142. The molecule has 11 heteroatoms. The van der Waals surface area contributed by atoms with Crippen LogP contribution in [0.1, 0.15) is 67.6 Å². The number of furan rings is 1. The molecule has 0 aliphatic heterocycles. The van der Waals surface area contributed by atoms with Gasteiger partial charge in [0.25, 0.3) is 0 Å². The van der Waals surface area contributed by atoms with Gasteiger partial charge in [-0.25, -0.2) is 4.39 Å². The van der Waals surface area contributed by atoms with E-state index in [-0.39, 0.29) is 49.8 Å². The van der Waals surface area contributed by atoms with Crippen LogP contribution in [0.25, 0.3) is 22.1 Å². The molecule has 0 saturated heterocycles. The maximum Gasteiger partial charge on any atom is 0.310 e. The lowest BCUT2D eigenvalue weighted by Gasteiger charge is -2.23. The molecule has 2 heterocycles. The summed E-state index contributed by atoms with van der Waals surface area (Å²) >= 11 is -1.41. The van der Waals surface area contributed by atoms with Crippen molar-refractivity contribution in [2.24, 2.45) is 0 Å². The number of rotatable bonds is 13. The van der Waals surface area contributed by atoms with Crippen molar-refractivity contribution in [3.8, 4) is 16.9 Å². The van der Waals surface area contributed by atoms with Crippen LogP contribution in [0.3, 0.4) is 0 Å². The third kappa shape index (κ3) is 8.03. The first-order valence-electron chi connectivity index (χ1n) is 14.2. The van der Waals surface area contributed by atoms with E-state index in [1.54, 1.807) is 44.4 Å². The lowest BCUT2D eigenvalue weighted by atomic mass is 10.00. The average Bonchev–Trinajstić information content (AvgIpc) is 3.37. The molecule has 0 aliphatic carbocycles. The Morgan fingerprint density at radius 2 is 1.86 bits per heavy atom. The van der Waals surface area contributed by atoms with Gasteiger partial charge >= 0.3 is 5.97 Å². The van der Waals surface area contributed by atoms with E-state index in [0.29, 0.717) is 44.7 Å². The number of pyridine rings is 1. The zero-order valence-electron chi connectivity index (χ0n) is 25.7. The summed E-state index contributed by atoms with van der Waals surface area (Å²) in [6.45, 7) is 9.15. The van der Waals surface area contributed by atoms with E-state index in [0.717, 1.165) is 0 Å². The highest BCUT2D eigenvalue weighted by Gasteiger charge is 2.27. The van der Waals surface area contributed by atoms with Gasteiger partial charge in [-0.2, -0.15) is 0 Å². The van der Waals surface area contributed by atoms with Gasteiger partial charge in [0.2, 0.25) is 0 Å². The van der Waals surface area contributed by atoms with Crippen LogP contribution in [0.2, 0.25) is 0 Å². The Bertz CT molecular complexity index is 1650. The number of halogens is 1. The summed E-state index contributed by atoms with van der Waals surface area (Å²) in [7, 11) is 1.56. The van der Waals surface area contributed by atoms with Crippen LogP contribution in [0, 0.1) is 5.82 Å². The highest BCUT2D eigenvalue weighted by Crippen LogP contribution is 2.35. The smallest absolute Gasteiger partial charge is 0.310 e. The van der Waals surface area contributed by atoms with Crippen LogP contribution in [0.15, 0.2) is 53.1 Å². The largest absolute Gasteiger partial charge is 0.598 e. The molecule has 1 atom stereocenters. The summed E-state index contributed by atoms with van der Waals surface area (Å²) in [5, 5.41) is 0.710. The minimum atomic E-state index is -1.41. The molecule has 0 radical (unpaired) electrons. The molecule has 0 bridgehead atoms. The predicted octanol–water partition coefficient (Wildman–Crippen LogP) is 6.22. The van der Waals surface area contributed by atoms with Gasteiger partial charge in [0.1, 0.15) is 35.1 Å². The van der Waals surface area contributed by atoms with Crippen molar-refractivity contribution < 1.29 is 37.2 Å². The SMILES string of the molecule is CCOC(=O)Cc1ccc(C(C)=O)cc1OCc1cc(-c2ccnc(CN[S@@+]([O-])C(C)(C)C)c2F)c2oc(COC)cc2c1. The molecule has 4 aromatic rings. The van der Waals surface area contributed by atoms with Crippen LogP contribution in [0.4, 0.5) is 4.39 Å². The molecule has 234 valence electrons. The average molecular weight is 625 g/mol. The number of fused-ring (bicyclic) bond motifs is 1. The summed E-state index contributed by atoms with van der Waals surface area (Å²) < 4.78 is 53.4. The zero-order chi connectivity index (χ0) is 32.0. The number of hydrogen-bond acceptors (Lipinski definition) is 9. The minimum absolute atomic E-state index is 0.0210. The number of benzene rings is 2. The first-order valence-corrected chi connectivity index (χ1v) is 15.3. The summed E-state index contributed by atoms with van der Waals surface area (Å²) in [6, 6.07) is 12.0. The maximum atomic E-state index is 16.0. The molecule has 0 fully saturated rings. The van der Waals surface area contributed by atoms with Crippen LogP contribution >= 0.6 is 0 Å². The van der Waals surface area contributed by atoms with Crippen molar-refractivity contribution in [2.45, 2.75) is 65.5 Å². The second-order valence-corrected chi connectivity index (χ2v) is 13.2. The van der Waals surface area contributed by atoms with E-state index in [1.165, 1.54) is 13.1 Å². The number of nitrogens with zero attached hydrogens (tertiary/aromatic N) is 1. The molecule has 1 N–H and O–H groups in total. The molecule has 9 nitrogen and oxygen atoms in total. The number of aromatic nitrogens is 1. The van der Waals surface area contributed by atoms with E-state index < -0.39 is 27.9 Å². The number of ketones is 1. The fraction of sp³-hybridized carbons (Fsp3) is 0.364. The van der Waals surface area contributed by atoms with Gasteiger partial charge in [-0.05, 0) is 70.5 Å². The number of hydrogen-bond donors (Lipinski definition) is 1. The van der Waals surface area contributed by atoms with Crippen LogP contribution < -0.4 is 9.46 Å². The second-order valence-electron chi connectivity index (χ2n) is 11.2. The van der Waals surface area contributed by atoms with E-state index in [4.69, 9.17) is 18.6 Å². The molecule has 0 unspecified atom stereocenters. The second kappa shape index (κ2) is 14.3.